The zero-order valence-corrected chi connectivity index (χ0v) is 5.94. The monoisotopic (exact) mass is 151 g/mol. The van der Waals surface area contributed by atoms with E-state index in [0.29, 0.717) is 0 Å². The minimum atomic E-state index is 0.779. The molecule has 0 saturated carbocycles. The van der Waals surface area contributed by atoms with Crippen LogP contribution in [0.3, 0.4) is 0 Å². The number of hydrogen-bond acceptors (Lipinski definition) is 2. The topological polar surface area (TPSA) is 32.9 Å². The molecule has 2 aromatic heterocycles. The van der Waals surface area contributed by atoms with E-state index in [1.807, 2.05) is 18.3 Å². The first-order valence-electron chi connectivity index (χ1n) is 2.92. The number of nitrogens with one attached hydrogen (secondary N) is 1. The molecule has 0 bridgehead atoms. The molecule has 0 fully saturated rings. The molecule has 2 nitrogen and oxygen atoms in total. The maximum atomic E-state index is 10.3. The van der Waals surface area contributed by atoms with Crippen LogP contribution in [0.2, 0.25) is 0 Å². The smallest absolute Gasteiger partial charge is 0.160 e. The number of aromatic nitrogens is 1. The van der Waals surface area contributed by atoms with E-state index in [0.717, 1.165) is 21.4 Å². The maximum absolute atomic E-state index is 10.3. The summed E-state index contributed by atoms with van der Waals surface area (Å²) in [6.07, 6.45) is 2.74. The van der Waals surface area contributed by atoms with Crippen LogP contribution >= 0.6 is 11.3 Å². The Balaban J connectivity index is 2.78. The van der Waals surface area contributed by atoms with Gasteiger partial charge < -0.3 is 4.98 Å². The van der Waals surface area contributed by atoms with Gasteiger partial charge in [0.25, 0.3) is 0 Å². The predicted octanol–water partition coefficient (Wildman–Crippen LogP) is 2.04. The molecule has 10 heavy (non-hydrogen) atoms. The van der Waals surface area contributed by atoms with Crippen LogP contribution in [0.5, 0.6) is 0 Å². The van der Waals surface area contributed by atoms with Gasteiger partial charge in [-0.05, 0) is 12.1 Å². The molecule has 0 aliphatic heterocycles. The first-order valence-corrected chi connectivity index (χ1v) is 3.74. The van der Waals surface area contributed by atoms with Gasteiger partial charge in [-0.1, -0.05) is 0 Å². The Morgan fingerprint density at radius 3 is 3.20 bits per heavy atom. The van der Waals surface area contributed by atoms with Crippen LogP contribution in [0.25, 0.3) is 10.2 Å². The molecule has 0 aromatic carbocycles. The van der Waals surface area contributed by atoms with Gasteiger partial charge in [0, 0.05) is 11.6 Å². The van der Waals surface area contributed by atoms with E-state index in [1.165, 1.54) is 11.3 Å². The Hall–Kier alpha value is -1.09. The number of H-pyrrole nitrogens is 1. The normalized spacial score (nSPS) is 10.4. The summed E-state index contributed by atoms with van der Waals surface area (Å²) in [5.41, 5.74) is 0. The SMILES string of the molecule is O=Cc1cc2cc[nH]c2s1. The van der Waals surface area contributed by atoms with Crippen molar-refractivity contribution in [3.05, 3.63) is 23.2 Å². The van der Waals surface area contributed by atoms with Crippen LogP contribution < -0.4 is 0 Å². The van der Waals surface area contributed by atoms with Crippen molar-refractivity contribution in [3.63, 3.8) is 0 Å². The summed E-state index contributed by atoms with van der Waals surface area (Å²) < 4.78 is 0. The Bertz CT molecular complexity index is 332. The van der Waals surface area contributed by atoms with Gasteiger partial charge in [0.1, 0.15) is 4.83 Å². The van der Waals surface area contributed by atoms with E-state index in [2.05, 4.69) is 4.98 Å². The highest BCUT2D eigenvalue weighted by atomic mass is 32.1. The van der Waals surface area contributed by atoms with E-state index < -0.39 is 0 Å². The highest BCUT2D eigenvalue weighted by molar-refractivity contribution is 7.20. The number of aldehydes is 1. The summed E-state index contributed by atoms with van der Waals surface area (Å²) in [7, 11) is 0. The standard InChI is InChI=1S/C7H5NOS/c9-4-6-3-5-1-2-8-7(5)10-6/h1-4,8H. The van der Waals surface area contributed by atoms with Gasteiger partial charge >= 0.3 is 0 Å². The van der Waals surface area contributed by atoms with Crippen molar-refractivity contribution in [1.82, 2.24) is 4.98 Å². The van der Waals surface area contributed by atoms with Crippen molar-refractivity contribution in [2.45, 2.75) is 0 Å². The Morgan fingerprint density at radius 1 is 1.60 bits per heavy atom. The van der Waals surface area contributed by atoms with Crippen molar-refractivity contribution in [1.29, 1.82) is 0 Å². The molecular weight excluding hydrogens is 146 g/mol. The molecule has 0 unspecified atom stereocenters. The number of rotatable bonds is 1. The van der Waals surface area contributed by atoms with Crippen molar-refractivity contribution in [2.75, 3.05) is 0 Å². The largest absolute Gasteiger partial charge is 0.353 e. The summed E-state index contributed by atoms with van der Waals surface area (Å²) in [5, 5.41) is 1.12. The van der Waals surface area contributed by atoms with Gasteiger partial charge in [-0.15, -0.1) is 11.3 Å². The number of carbonyl (C=O) groups excluding carboxylic acids is 1. The molecule has 0 radical (unpaired) electrons. The molecule has 3 heteroatoms. The number of hydrogen-bond donors (Lipinski definition) is 1. The van der Waals surface area contributed by atoms with Crippen LogP contribution in [0.1, 0.15) is 9.67 Å². The Kier molecular flexibility index (Phi) is 1.11. The molecule has 1 N–H and O–H groups in total. The quantitative estimate of drug-likeness (QED) is 0.621. The fourth-order valence-corrected chi connectivity index (χ4v) is 1.77. The zero-order valence-electron chi connectivity index (χ0n) is 5.13. The molecular formula is C7H5NOS. The molecule has 0 amide bonds. The first-order chi connectivity index (χ1) is 4.90. The molecule has 2 heterocycles. The third-order valence-electron chi connectivity index (χ3n) is 1.37. The molecule has 0 aliphatic rings. The van der Waals surface area contributed by atoms with Crippen LogP contribution in [0.15, 0.2) is 18.3 Å². The highest BCUT2D eigenvalue weighted by Gasteiger charge is 1.98. The van der Waals surface area contributed by atoms with Gasteiger partial charge in [0.15, 0.2) is 6.29 Å². The summed E-state index contributed by atoms with van der Waals surface area (Å²) >= 11 is 1.48. The molecule has 0 atom stereocenters. The summed E-state index contributed by atoms with van der Waals surface area (Å²) in [4.78, 5) is 15.2. The van der Waals surface area contributed by atoms with Crippen LogP contribution in [-0.4, -0.2) is 11.3 Å². The minimum absolute atomic E-state index is 0.779. The summed E-state index contributed by atoms with van der Waals surface area (Å²) in [6, 6.07) is 3.84. The second-order valence-corrected chi connectivity index (χ2v) is 3.11. The second-order valence-electron chi connectivity index (χ2n) is 2.03. The van der Waals surface area contributed by atoms with Gasteiger partial charge in [0.2, 0.25) is 0 Å². The van der Waals surface area contributed by atoms with E-state index in [9.17, 15) is 4.79 Å². The van der Waals surface area contributed by atoms with Crippen molar-refractivity contribution in [3.8, 4) is 0 Å². The molecule has 0 spiro atoms. The average Bonchev–Trinajstić information content (AvgIpc) is 2.42. The van der Waals surface area contributed by atoms with E-state index in [4.69, 9.17) is 0 Å². The number of thiophene rings is 1. The molecule has 0 saturated heterocycles. The molecule has 50 valence electrons. The van der Waals surface area contributed by atoms with Crippen LogP contribution in [0, 0.1) is 0 Å². The predicted molar refractivity (Wildman–Crippen MR) is 41.6 cm³/mol. The van der Waals surface area contributed by atoms with Crippen molar-refractivity contribution in [2.24, 2.45) is 0 Å². The first kappa shape index (κ1) is 5.68. The molecule has 0 aliphatic carbocycles. The number of fused-ring (bicyclic) bond motifs is 1. The Labute approximate surface area is 61.5 Å². The van der Waals surface area contributed by atoms with Crippen molar-refractivity contribution >= 4 is 27.8 Å². The van der Waals surface area contributed by atoms with Gasteiger partial charge in [-0.25, -0.2) is 0 Å². The highest BCUT2D eigenvalue weighted by Crippen LogP contribution is 2.22. The molecule has 2 rings (SSSR count). The van der Waals surface area contributed by atoms with E-state index in [-0.39, 0.29) is 0 Å². The fourth-order valence-electron chi connectivity index (χ4n) is 0.927. The summed E-state index contributed by atoms with van der Waals surface area (Å²) in [5.74, 6) is 0. The van der Waals surface area contributed by atoms with E-state index >= 15 is 0 Å². The Morgan fingerprint density at radius 2 is 2.50 bits per heavy atom. The lowest BCUT2D eigenvalue weighted by Gasteiger charge is -1.70. The number of carbonyl (C=O) groups is 1. The average molecular weight is 151 g/mol. The fraction of sp³-hybridized carbons (Fsp3) is 0. The molecule has 2 aromatic rings. The van der Waals surface area contributed by atoms with E-state index in [1.54, 1.807) is 0 Å². The third kappa shape index (κ3) is 0.675. The lowest BCUT2D eigenvalue weighted by atomic mass is 10.4. The maximum Gasteiger partial charge on any atom is 0.160 e. The van der Waals surface area contributed by atoms with Crippen LogP contribution in [-0.2, 0) is 0 Å². The lowest BCUT2D eigenvalue weighted by Crippen LogP contribution is -1.63. The minimum Gasteiger partial charge on any atom is -0.353 e. The lowest BCUT2D eigenvalue weighted by molar-refractivity contribution is 0.112. The van der Waals surface area contributed by atoms with Gasteiger partial charge in [-0.2, -0.15) is 0 Å². The second kappa shape index (κ2) is 1.95. The summed E-state index contributed by atoms with van der Waals surface area (Å²) in [6.45, 7) is 0. The van der Waals surface area contributed by atoms with Gasteiger partial charge in [-0.3, -0.25) is 4.79 Å². The number of aromatic amines is 1. The van der Waals surface area contributed by atoms with Crippen molar-refractivity contribution < 1.29 is 4.79 Å². The van der Waals surface area contributed by atoms with Crippen LogP contribution in [0.4, 0.5) is 0 Å². The zero-order chi connectivity index (χ0) is 6.97. The van der Waals surface area contributed by atoms with Gasteiger partial charge in [0.05, 0.1) is 4.88 Å². The third-order valence-corrected chi connectivity index (χ3v) is 2.38.